The predicted molar refractivity (Wildman–Crippen MR) is 68.4 cm³/mol. The summed E-state index contributed by atoms with van der Waals surface area (Å²) in [5.74, 6) is -0.761. The van der Waals surface area contributed by atoms with Gasteiger partial charge in [-0.1, -0.05) is 11.8 Å². The highest BCUT2D eigenvalue weighted by Crippen LogP contribution is 2.22. The smallest absolute Gasteiger partial charge is 0.335 e. The number of imide groups is 1. The Kier molecular flexibility index (Phi) is 4.06. The maximum atomic E-state index is 11.3. The molecule has 1 aromatic carbocycles. The van der Waals surface area contributed by atoms with Crippen LogP contribution in [-0.2, 0) is 4.79 Å². The third-order valence-corrected chi connectivity index (χ3v) is 3.57. The van der Waals surface area contributed by atoms with Crippen LogP contribution in [0.3, 0.4) is 0 Å². The highest BCUT2D eigenvalue weighted by molar-refractivity contribution is 8.15. The number of hydrogen-bond donors (Lipinski definition) is 2. The Hall–Kier alpha value is -2.02. The Balaban J connectivity index is 1.81. The summed E-state index contributed by atoms with van der Waals surface area (Å²) < 4.78 is 5.39. The van der Waals surface area contributed by atoms with Gasteiger partial charge in [-0.3, -0.25) is 14.9 Å². The Morgan fingerprint density at radius 3 is 2.53 bits per heavy atom. The maximum Gasteiger partial charge on any atom is 0.335 e. The van der Waals surface area contributed by atoms with Crippen molar-refractivity contribution in [2.45, 2.75) is 11.7 Å². The molecule has 100 valence electrons. The molecule has 1 saturated heterocycles. The van der Waals surface area contributed by atoms with Crippen LogP contribution in [0.5, 0.6) is 5.75 Å². The van der Waals surface area contributed by atoms with Crippen LogP contribution in [0.15, 0.2) is 24.3 Å². The Bertz CT molecular complexity index is 513. The largest absolute Gasteiger partial charge is 0.494 e. The Morgan fingerprint density at radius 1 is 1.32 bits per heavy atom. The molecule has 2 N–H and O–H groups in total. The summed E-state index contributed by atoms with van der Waals surface area (Å²) in [6.45, 7) is 0.283. The van der Waals surface area contributed by atoms with Crippen molar-refractivity contribution < 1.29 is 24.2 Å². The summed E-state index contributed by atoms with van der Waals surface area (Å²) in [4.78, 5) is 32.9. The number of nitrogens with one attached hydrogen (secondary N) is 1. The van der Waals surface area contributed by atoms with E-state index in [4.69, 9.17) is 9.84 Å². The average molecular weight is 281 g/mol. The first kappa shape index (κ1) is 13.4. The van der Waals surface area contributed by atoms with E-state index >= 15 is 0 Å². The second kappa shape index (κ2) is 5.75. The summed E-state index contributed by atoms with van der Waals surface area (Å²) in [6, 6.07) is 5.99. The van der Waals surface area contributed by atoms with Crippen molar-refractivity contribution in [3.8, 4) is 5.75 Å². The van der Waals surface area contributed by atoms with Gasteiger partial charge in [-0.2, -0.15) is 0 Å². The van der Waals surface area contributed by atoms with Gasteiger partial charge in [0.25, 0.3) is 5.24 Å². The summed E-state index contributed by atoms with van der Waals surface area (Å²) in [5, 5.41) is 10.2. The van der Waals surface area contributed by atoms with E-state index < -0.39 is 11.2 Å². The number of rotatable bonds is 5. The molecule has 2 amide bonds. The second-order valence-electron chi connectivity index (χ2n) is 3.85. The molecule has 6 nitrogen and oxygen atoms in total. The molecule has 1 heterocycles. The molecule has 1 unspecified atom stereocenters. The van der Waals surface area contributed by atoms with Crippen molar-refractivity contribution in [1.29, 1.82) is 0 Å². The Labute approximate surface area is 113 Å². The minimum absolute atomic E-state index is 0.184. The first-order chi connectivity index (χ1) is 9.06. The topological polar surface area (TPSA) is 92.7 Å². The molecule has 0 radical (unpaired) electrons. The van der Waals surface area contributed by atoms with Gasteiger partial charge in [0.1, 0.15) is 5.75 Å². The van der Waals surface area contributed by atoms with Gasteiger partial charge >= 0.3 is 5.97 Å². The number of ether oxygens (including phenoxy) is 1. The van der Waals surface area contributed by atoms with Gasteiger partial charge in [-0.25, -0.2) is 4.79 Å². The number of carboxylic acid groups (broad SMARTS) is 1. The van der Waals surface area contributed by atoms with Gasteiger partial charge in [0.2, 0.25) is 5.91 Å². The summed E-state index contributed by atoms with van der Waals surface area (Å²) in [7, 11) is 0. The quantitative estimate of drug-likeness (QED) is 0.849. The number of carboxylic acids is 1. The lowest BCUT2D eigenvalue weighted by atomic mass is 10.2. The molecule has 0 aliphatic carbocycles. The fraction of sp³-hybridized carbons (Fsp3) is 0.250. The molecule has 1 fully saturated rings. The van der Waals surface area contributed by atoms with Crippen molar-refractivity contribution in [3.05, 3.63) is 29.8 Å². The Morgan fingerprint density at radius 2 is 2.00 bits per heavy atom. The van der Waals surface area contributed by atoms with E-state index in [1.807, 2.05) is 0 Å². The van der Waals surface area contributed by atoms with Gasteiger partial charge in [0.15, 0.2) is 0 Å². The van der Waals surface area contributed by atoms with E-state index in [0.717, 1.165) is 11.8 Å². The van der Waals surface area contributed by atoms with Crippen LogP contribution in [0.4, 0.5) is 4.79 Å². The van der Waals surface area contributed by atoms with Crippen LogP contribution in [0.25, 0.3) is 0 Å². The number of benzene rings is 1. The highest BCUT2D eigenvalue weighted by Gasteiger charge is 2.31. The fourth-order valence-electron chi connectivity index (χ4n) is 1.56. The van der Waals surface area contributed by atoms with Gasteiger partial charge in [-0.05, 0) is 24.3 Å². The third-order valence-electron chi connectivity index (χ3n) is 2.52. The van der Waals surface area contributed by atoms with Crippen molar-refractivity contribution >= 4 is 28.9 Å². The molecular formula is C12H11NO5S. The second-order valence-corrected chi connectivity index (χ2v) is 5.03. The first-order valence-electron chi connectivity index (χ1n) is 5.54. The number of hydrogen-bond acceptors (Lipinski definition) is 5. The minimum atomic E-state index is -0.996. The van der Waals surface area contributed by atoms with E-state index in [0.29, 0.717) is 12.2 Å². The summed E-state index contributed by atoms with van der Waals surface area (Å²) >= 11 is 0.958. The zero-order chi connectivity index (χ0) is 13.8. The number of amides is 2. The molecule has 0 bridgehead atoms. The van der Waals surface area contributed by atoms with Gasteiger partial charge in [0.05, 0.1) is 17.4 Å². The predicted octanol–water partition coefficient (Wildman–Crippen LogP) is 1.51. The van der Waals surface area contributed by atoms with Crippen LogP contribution in [0.1, 0.15) is 16.8 Å². The van der Waals surface area contributed by atoms with E-state index in [9.17, 15) is 14.4 Å². The van der Waals surface area contributed by atoms with Crippen LogP contribution in [0, 0.1) is 0 Å². The van der Waals surface area contributed by atoms with Crippen molar-refractivity contribution in [2.75, 3.05) is 6.61 Å². The molecular weight excluding hydrogens is 270 g/mol. The van der Waals surface area contributed by atoms with E-state index in [1.54, 1.807) is 12.1 Å². The lowest BCUT2D eigenvalue weighted by molar-refractivity contribution is -0.119. The lowest BCUT2D eigenvalue weighted by Gasteiger charge is -2.08. The number of thioether (sulfide) groups is 1. The average Bonchev–Trinajstić information content (AvgIpc) is 2.68. The molecule has 0 spiro atoms. The number of carbonyl (C=O) groups excluding carboxylic acids is 2. The third kappa shape index (κ3) is 3.47. The normalized spacial score (nSPS) is 18.2. The first-order valence-corrected chi connectivity index (χ1v) is 6.42. The van der Waals surface area contributed by atoms with Crippen LogP contribution >= 0.6 is 11.8 Å². The molecule has 7 heteroatoms. The number of carbonyl (C=O) groups is 3. The molecule has 0 aromatic heterocycles. The summed E-state index contributed by atoms with van der Waals surface area (Å²) in [6.07, 6.45) is 0.420. The van der Waals surface area contributed by atoms with E-state index in [1.165, 1.54) is 12.1 Å². The molecule has 1 aliphatic rings. The molecule has 1 aromatic rings. The molecule has 1 aliphatic heterocycles. The fourth-order valence-corrected chi connectivity index (χ4v) is 2.36. The van der Waals surface area contributed by atoms with Gasteiger partial charge in [-0.15, -0.1) is 0 Å². The van der Waals surface area contributed by atoms with Crippen LogP contribution in [-0.4, -0.2) is 34.1 Å². The lowest BCUT2D eigenvalue weighted by Crippen LogP contribution is -2.25. The van der Waals surface area contributed by atoms with Crippen molar-refractivity contribution in [3.63, 3.8) is 0 Å². The van der Waals surface area contributed by atoms with Crippen LogP contribution < -0.4 is 10.1 Å². The molecule has 2 rings (SSSR count). The highest BCUT2D eigenvalue weighted by atomic mass is 32.2. The minimum Gasteiger partial charge on any atom is -0.494 e. The van der Waals surface area contributed by atoms with Crippen molar-refractivity contribution in [1.82, 2.24) is 5.32 Å². The van der Waals surface area contributed by atoms with E-state index in [2.05, 4.69) is 5.32 Å². The molecule has 1 atom stereocenters. The number of aromatic carboxylic acids is 1. The standard InChI is InChI=1S/C12H11NO5S/c14-10-9(19-12(17)13-10)5-6-18-8-3-1-7(2-4-8)11(15)16/h1-4,9H,5-6H2,(H,15,16)(H,13,14,17). The van der Waals surface area contributed by atoms with Gasteiger partial charge in [0, 0.05) is 6.42 Å². The van der Waals surface area contributed by atoms with E-state index in [-0.39, 0.29) is 23.3 Å². The zero-order valence-corrected chi connectivity index (χ0v) is 10.6. The molecule has 19 heavy (non-hydrogen) atoms. The molecule has 0 saturated carbocycles. The zero-order valence-electron chi connectivity index (χ0n) is 9.79. The van der Waals surface area contributed by atoms with Crippen molar-refractivity contribution in [2.24, 2.45) is 0 Å². The van der Waals surface area contributed by atoms with Crippen LogP contribution in [0.2, 0.25) is 0 Å². The SMILES string of the molecule is O=C1NC(=O)C(CCOc2ccc(C(=O)O)cc2)S1. The summed E-state index contributed by atoms with van der Waals surface area (Å²) in [5.41, 5.74) is 0.184. The maximum absolute atomic E-state index is 11.3. The monoisotopic (exact) mass is 281 g/mol. The van der Waals surface area contributed by atoms with Gasteiger partial charge < -0.3 is 9.84 Å².